The Bertz CT molecular complexity index is 643. The summed E-state index contributed by atoms with van der Waals surface area (Å²) in [5, 5.41) is 10.7. The van der Waals surface area contributed by atoms with Crippen molar-refractivity contribution in [2.45, 2.75) is 55.4 Å². The minimum absolute atomic E-state index is 0. The van der Waals surface area contributed by atoms with Crippen molar-refractivity contribution >= 4 is 5.57 Å². The van der Waals surface area contributed by atoms with E-state index in [0.717, 1.165) is 11.1 Å². The fraction of sp³-hybridized carbons (Fsp3) is 0.474. The zero-order valence-corrected chi connectivity index (χ0v) is 19.3. The standard InChI is InChI=1S/C19H26O.2ClH.Zr/c1-9-10(2)14(6)17(13(9)5)18-15(7)11(3)12(4)16(8)19(18)20;;;/h13,20H,1-8H3;2*1H;/q;;;+2/p-2. The van der Waals surface area contributed by atoms with Gasteiger partial charge in [0.1, 0.15) is 5.75 Å². The van der Waals surface area contributed by atoms with Crippen LogP contribution in [0.3, 0.4) is 0 Å². The minimum atomic E-state index is 0. The first-order valence-corrected chi connectivity index (χ1v) is 7.38. The van der Waals surface area contributed by atoms with Gasteiger partial charge in [-0.1, -0.05) is 12.5 Å². The number of aromatic hydroxyl groups is 1. The molecule has 1 unspecified atom stereocenters. The number of phenolic OH excluding ortho intramolecular Hbond substituents is 1. The summed E-state index contributed by atoms with van der Waals surface area (Å²) in [6.07, 6.45) is 0. The molecule has 1 aromatic rings. The van der Waals surface area contributed by atoms with E-state index >= 15 is 0 Å². The fourth-order valence-electron chi connectivity index (χ4n) is 3.39. The Morgan fingerprint density at radius 1 is 0.696 bits per heavy atom. The first kappa shape index (κ1) is 25.2. The van der Waals surface area contributed by atoms with Gasteiger partial charge in [-0.25, -0.2) is 0 Å². The molecule has 1 aliphatic carbocycles. The first-order valence-electron chi connectivity index (χ1n) is 7.38. The summed E-state index contributed by atoms with van der Waals surface area (Å²) in [7, 11) is 0. The fourth-order valence-corrected chi connectivity index (χ4v) is 3.39. The van der Waals surface area contributed by atoms with Gasteiger partial charge in [-0.05, 0) is 87.4 Å². The third-order valence-electron chi connectivity index (χ3n) is 5.56. The number of rotatable bonds is 1. The Morgan fingerprint density at radius 2 is 1.13 bits per heavy atom. The molecule has 0 bridgehead atoms. The summed E-state index contributed by atoms with van der Waals surface area (Å²) in [5.41, 5.74) is 11.2. The van der Waals surface area contributed by atoms with E-state index < -0.39 is 0 Å². The third kappa shape index (κ3) is 3.80. The van der Waals surface area contributed by atoms with Crippen LogP contribution in [0.5, 0.6) is 5.75 Å². The van der Waals surface area contributed by atoms with Crippen LogP contribution in [0.25, 0.3) is 5.57 Å². The van der Waals surface area contributed by atoms with Crippen molar-refractivity contribution in [3.05, 3.63) is 44.5 Å². The maximum Gasteiger partial charge on any atom is 2.00 e. The molecule has 1 nitrogen and oxygen atoms in total. The van der Waals surface area contributed by atoms with E-state index in [1.807, 2.05) is 6.92 Å². The second kappa shape index (κ2) is 8.88. The van der Waals surface area contributed by atoms with Crippen molar-refractivity contribution in [2.75, 3.05) is 0 Å². The summed E-state index contributed by atoms with van der Waals surface area (Å²) >= 11 is 0. The molecule has 0 heterocycles. The molecule has 2 rings (SSSR count). The zero-order chi connectivity index (χ0) is 15.4. The Morgan fingerprint density at radius 3 is 1.52 bits per heavy atom. The topological polar surface area (TPSA) is 20.2 Å². The van der Waals surface area contributed by atoms with E-state index in [9.17, 15) is 5.11 Å². The number of halogens is 2. The molecule has 1 N–H and O–H groups in total. The van der Waals surface area contributed by atoms with Crippen LogP contribution in [0.2, 0.25) is 0 Å². The Balaban J connectivity index is 0. The molecule has 0 saturated carbocycles. The molecule has 0 aliphatic heterocycles. The second-order valence-electron chi connectivity index (χ2n) is 6.29. The summed E-state index contributed by atoms with van der Waals surface area (Å²) in [6.45, 7) is 17.2. The second-order valence-corrected chi connectivity index (χ2v) is 6.29. The summed E-state index contributed by atoms with van der Waals surface area (Å²) in [5.74, 6) is 0.857. The Kier molecular flexibility index (Phi) is 9.73. The molecular weight excluding hydrogens is 406 g/mol. The third-order valence-corrected chi connectivity index (χ3v) is 5.56. The number of hydrogen-bond acceptors (Lipinski definition) is 1. The van der Waals surface area contributed by atoms with E-state index in [1.165, 1.54) is 39.0 Å². The van der Waals surface area contributed by atoms with Crippen LogP contribution in [-0.2, 0) is 26.2 Å². The van der Waals surface area contributed by atoms with E-state index in [1.54, 1.807) is 0 Å². The maximum absolute atomic E-state index is 10.7. The molecule has 1 aromatic carbocycles. The van der Waals surface area contributed by atoms with Crippen LogP contribution in [0.4, 0.5) is 0 Å². The predicted molar refractivity (Wildman–Crippen MR) is 87.2 cm³/mol. The quantitative estimate of drug-likeness (QED) is 0.628. The van der Waals surface area contributed by atoms with Crippen LogP contribution >= 0.6 is 0 Å². The number of benzene rings is 1. The van der Waals surface area contributed by atoms with Crippen LogP contribution in [0, 0.1) is 33.6 Å². The van der Waals surface area contributed by atoms with Gasteiger partial charge in [0, 0.05) is 11.5 Å². The van der Waals surface area contributed by atoms with Gasteiger partial charge < -0.3 is 29.9 Å². The average Bonchev–Trinajstić information content (AvgIpc) is 2.61. The van der Waals surface area contributed by atoms with Crippen molar-refractivity contribution in [3.8, 4) is 5.75 Å². The predicted octanol–water partition coefficient (Wildman–Crippen LogP) is -0.609. The van der Waals surface area contributed by atoms with Crippen LogP contribution in [-0.4, -0.2) is 5.11 Å². The molecule has 0 radical (unpaired) electrons. The van der Waals surface area contributed by atoms with Gasteiger partial charge in [0.2, 0.25) is 0 Å². The number of hydrogen-bond donors (Lipinski definition) is 1. The molecule has 0 saturated heterocycles. The van der Waals surface area contributed by atoms with Crippen molar-refractivity contribution in [2.24, 2.45) is 5.92 Å². The zero-order valence-electron chi connectivity index (χ0n) is 15.3. The van der Waals surface area contributed by atoms with Gasteiger partial charge >= 0.3 is 26.2 Å². The molecule has 0 spiro atoms. The Labute approximate surface area is 172 Å². The van der Waals surface area contributed by atoms with E-state index in [0.29, 0.717) is 11.7 Å². The van der Waals surface area contributed by atoms with Gasteiger partial charge in [-0.15, -0.1) is 0 Å². The molecular formula is C19H26Cl2OZr. The summed E-state index contributed by atoms with van der Waals surface area (Å²) in [4.78, 5) is 0. The van der Waals surface area contributed by atoms with Crippen LogP contribution in [0.1, 0.15) is 55.5 Å². The number of phenols is 1. The van der Waals surface area contributed by atoms with Crippen LogP contribution < -0.4 is 24.8 Å². The van der Waals surface area contributed by atoms with E-state index in [2.05, 4.69) is 48.5 Å². The largest absolute Gasteiger partial charge is 2.00 e. The van der Waals surface area contributed by atoms with E-state index in [-0.39, 0.29) is 51.0 Å². The van der Waals surface area contributed by atoms with Crippen molar-refractivity contribution in [3.63, 3.8) is 0 Å². The molecule has 1 aliphatic rings. The van der Waals surface area contributed by atoms with Crippen molar-refractivity contribution in [1.82, 2.24) is 0 Å². The van der Waals surface area contributed by atoms with Gasteiger partial charge in [-0.2, -0.15) is 0 Å². The first-order chi connectivity index (χ1) is 9.20. The molecule has 0 aromatic heterocycles. The minimum Gasteiger partial charge on any atom is -1.00 e. The smallest absolute Gasteiger partial charge is 1.00 e. The maximum atomic E-state index is 10.7. The number of allylic oxidation sites excluding steroid dienone is 4. The monoisotopic (exact) mass is 430 g/mol. The molecule has 4 heteroatoms. The summed E-state index contributed by atoms with van der Waals surface area (Å²) in [6, 6.07) is 0. The summed E-state index contributed by atoms with van der Waals surface area (Å²) < 4.78 is 0. The van der Waals surface area contributed by atoms with Crippen molar-refractivity contribution < 1.29 is 56.1 Å². The normalized spacial score (nSPS) is 16.8. The average molecular weight is 433 g/mol. The van der Waals surface area contributed by atoms with Crippen LogP contribution in [0.15, 0.2) is 16.7 Å². The molecule has 126 valence electrons. The molecule has 23 heavy (non-hydrogen) atoms. The van der Waals surface area contributed by atoms with Gasteiger partial charge in [0.15, 0.2) is 0 Å². The molecule has 0 amide bonds. The van der Waals surface area contributed by atoms with Gasteiger partial charge in [0.25, 0.3) is 0 Å². The van der Waals surface area contributed by atoms with Gasteiger partial charge in [-0.3, -0.25) is 0 Å². The SMILES string of the molecule is CC1=C(C)C(C)C(c2c(C)c(C)c(C)c(C)c2O)=C1C.[Cl-].[Cl-].[Zr+2]. The molecule has 0 fully saturated rings. The van der Waals surface area contributed by atoms with Crippen molar-refractivity contribution in [1.29, 1.82) is 0 Å². The van der Waals surface area contributed by atoms with Gasteiger partial charge in [0.05, 0.1) is 0 Å². The Hall–Kier alpha value is -0.0369. The van der Waals surface area contributed by atoms with E-state index in [4.69, 9.17) is 0 Å². The molecule has 1 atom stereocenters.